The Morgan fingerprint density at radius 2 is 2.12 bits per heavy atom. The average molecular weight is 233 g/mol. The molecule has 0 bridgehead atoms. The number of carbonyl (C=O) groups is 2. The molecule has 17 heavy (non-hydrogen) atoms. The van der Waals surface area contributed by atoms with Crippen molar-refractivity contribution in [2.24, 2.45) is 5.92 Å². The summed E-state index contributed by atoms with van der Waals surface area (Å²) in [6, 6.07) is 6.99. The SMILES string of the molecule is O=C(O)Cc1cccc(NC(=O)C2CCC2)c1. The number of carboxylic acids is 1. The molecule has 0 spiro atoms. The van der Waals surface area contributed by atoms with Crippen molar-refractivity contribution >= 4 is 17.6 Å². The molecule has 0 heterocycles. The number of amides is 1. The number of rotatable bonds is 4. The van der Waals surface area contributed by atoms with Gasteiger partial charge in [-0.05, 0) is 30.5 Å². The van der Waals surface area contributed by atoms with Gasteiger partial charge >= 0.3 is 5.97 Å². The second-order valence-corrected chi connectivity index (χ2v) is 4.39. The number of hydrogen-bond acceptors (Lipinski definition) is 2. The molecule has 0 unspecified atom stereocenters. The fourth-order valence-corrected chi connectivity index (χ4v) is 1.85. The normalized spacial score (nSPS) is 15.1. The smallest absolute Gasteiger partial charge is 0.307 e. The van der Waals surface area contributed by atoms with E-state index in [1.807, 2.05) is 0 Å². The van der Waals surface area contributed by atoms with Crippen molar-refractivity contribution in [1.29, 1.82) is 0 Å². The predicted molar refractivity (Wildman–Crippen MR) is 63.8 cm³/mol. The second-order valence-electron chi connectivity index (χ2n) is 4.39. The van der Waals surface area contributed by atoms with Gasteiger partial charge in [0.15, 0.2) is 0 Å². The van der Waals surface area contributed by atoms with Crippen molar-refractivity contribution < 1.29 is 14.7 Å². The number of hydrogen-bond donors (Lipinski definition) is 2. The molecule has 1 aromatic carbocycles. The number of benzene rings is 1. The van der Waals surface area contributed by atoms with Crippen molar-refractivity contribution in [2.45, 2.75) is 25.7 Å². The zero-order valence-corrected chi connectivity index (χ0v) is 9.48. The molecule has 1 aliphatic carbocycles. The summed E-state index contributed by atoms with van der Waals surface area (Å²) in [6.45, 7) is 0. The Bertz CT molecular complexity index is 438. The molecule has 1 aromatic rings. The third kappa shape index (κ3) is 3.06. The van der Waals surface area contributed by atoms with Gasteiger partial charge in [-0.25, -0.2) is 0 Å². The minimum Gasteiger partial charge on any atom is -0.481 e. The van der Waals surface area contributed by atoms with Gasteiger partial charge in [0.05, 0.1) is 6.42 Å². The van der Waals surface area contributed by atoms with Gasteiger partial charge < -0.3 is 10.4 Å². The van der Waals surface area contributed by atoms with Crippen LogP contribution in [0.2, 0.25) is 0 Å². The van der Waals surface area contributed by atoms with Crippen LogP contribution >= 0.6 is 0 Å². The summed E-state index contributed by atoms with van der Waals surface area (Å²) < 4.78 is 0. The van der Waals surface area contributed by atoms with Crippen LogP contribution in [-0.2, 0) is 16.0 Å². The topological polar surface area (TPSA) is 66.4 Å². The van der Waals surface area contributed by atoms with E-state index in [1.54, 1.807) is 24.3 Å². The predicted octanol–water partition coefficient (Wildman–Crippen LogP) is 2.05. The van der Waals surface area contributed by atoms with Gasteiger partial charge in [0.2, 0.25) is 5.91 Å². The maximum Gasteiger partial charge on any atom is 0.307 e. The van der Waals surface area contributed by atoms with Crippen LogP contribution in [0.4, 0.5) is 5.69 Å². The molecule has 4 nitrogen and oxygen atoms in total. The monoisotopic (exact) mass is 233 g/mol. The number of nitrogens with one attached hydrogen (secondary N) is 1. The number of carboxylic acid groups (broad SMARTS) is 1. The highest BCUT2D eigenvalue weighted by molar-refractivity contribution is 5.93. The van der Waals surface area contributed by atoms with Crippen LogP contribution in [0.1, 0.15) is 24.8 Å². The van der Waals surface area contributed by atoms with Gasteiger partial charge in [-0.15, -0.1) is 0 Å². The van der Waals surface area contributed by atoms with Crippen molar-refractivity contribution in [3.63, 3.8) is 0 Å². The molecule has 1 aliphatic rings. The minimum absolute atomic E-state index is 0.0207. The molecular weight excluding hydrogens is 218 g/mol. The highest BCUT2D eigenvalue weighted by Gasteiger charge is 2.25. The van der Waals surface area contributed by atoms with Crippen LogP contribution < -0.4 is 5.32 Å². The molecule has 0 saturated heterocycles. The first-order chi connectivity index (χ1) is 8.15. The third-order valence-electron chi connectivity index (χ3n) is 3.03. The van der Waals surface area contributed by atoms with Crippen LogP contribution in [0.15, 0.2) is 24.3 Å². The summed E-state index contributed by atoms with van der Waals surface area (Å²) in [5, 5.41) is 11.5. The zero-order chi connectivity index (χ0) is 12.3. The number of carbonyl (C=O) groups excluding carboxylic acids is 1. The highest BCUT2D eigenvalue weighted by atomic mass is 16.4. The first-order valence-corrected chi connectivity index (χ1v) is 5.77. The summed E-state index contributed by atoms with van der Waals surface area (Å²) in [5.41, 5.74) is 1.38. The highest BCUT2D eigenvalue weighted by Crippen LogP contribution is 2.27. The second kappa shape index (κ2) is 4.99. The summed E-state index contributed by atoms with van der Waals surface area (Å²) >= 11 is 0. The first kappa shape index (κ1) is 11.6. The molecule has 90 valence electrons. The first-order valence-electron chi connectivity index (χ1n) is 5.77. The lowest BCUT2D eigenvalue weighted by molar-refractivity contribution is -0.136. The Hall–Kier alpha value is -1.84. The fourth-order valence-electron chi connectivity index (χ4n) is 1.85. The molecular formula is C13H15NO3. The molecule has 0 aliphatic heterocycles. The van der Waals surface area contributed by atoms with Crippen LogP contribution in [-0.4, -0.2) is 17.0 Å². The van der Waals surface area contributed by atoms with E-state index in [1.165, 1.54) is 0 Å². The van der Waals surface area contributed by atoms with E-state index in [0.29, 0.717) is 11.3 Å². The molecule has 0 aromatic heterocycles. The molecule has 2 N–H and O–H groups in total. The van der Waals surface area contributed by atoms with E-state index in [9.17, 15) is 9.59 Å². The lowest BCUT2D eigenvalue weighted by Gasteiger charge is -2.24. The Labute approximate surface area is 99.6 Å². The van der Waals surface area contributed by atoms with Crippen LogP contribution in [0.5, 0.6) is 0 Å². The zero-order valence-electron chi connectivity index (χ0n) is 9.48. The largest absolute Gasteiger partial charge is 0.481 e. The van der Waals surface area contributed by atoms with Gasteiger partial charge in [-0.1, -0.05) is 18.6 Å². The van der Waals surface area contributed by atoms with Crippen molar-refractivity contribution in [2.75, 3.05) is 5.32 Å². The van der Waals surface area contributed by atoms with Crippen molar-refractivity contribution in [3.05, 3.63) is 29.8 Å². The summed E-state index contributed by atoms with van der Waals surface area (Å²) in [6.07, 6.45) is 3.02. The summed E-state index contributed by atoms with van der Waals surface area (Å²) in [5.74, 6) is -0.686. The van der Waals surface area contributed by atoms with Crippen molar-refractivity contribution in [3.8, 4) is 0 Å². The van der Waals surface area contributed by atoms with E-state index < -0.39 is 5.97 Å². The Morgan fingerprint density at radius 1 is 1.35 bits per heavy atom. The fraction of sp³-hybridized carbons (Fsp3) is 0.385. The lowest BCUT2D eigenvalue weighted by Crippen LogP contribution is -2.28. The molecule has 4 heteroatoms. The van der Waals surface area contributed by atoms with Gasteiger partial charge in [0.1, 0.15) is 0 Å². The minimum atomic E-state index is -0.868. The standard InChI is InChI=1S/C13H15NO3/c15-12(16)8-9-3-1-6-11(7-9)14-13(17)10-4-2-5-10/h1,3,6-7,10H,2,4-5,8H2,(H,14,17)(H,15,16). The van der Waals surface area contributed by atoms with E-state index in [4.69, 9.17) is 5.11 Å². The van der Waals surface area contributed by atoms with Gasteiger partial charge in [0, 0.05) is 11.6 Å². The Kier molecular flexibility index (Phi) is 3.42. The Balaban J connectivity index is 2.00. The third-order valence-corrected chi connectivity index (χ3v) is 3.03. The van der Waals surface area contributed by atoms with Gasteiger partial charge in [0.25, 0.3) is 0 Å². The van der Waals surface area contributed by atoms with Crippen LogP contribution in [0.3, 0.4) is 0 Å². The maximum atomic E-state index is 11.7. The summed E-state index contributed by atoms with van der Waals surface area (Å²) in [4.78, 5) is 22.3. The molecule has 2 rings (SSSR count). The summed E-state index contributed by atoms with van der Waals surface area (Å²) in [7, 11) is 0. The van der Waals surface area contributed by atoms with E-state index in [-0.39, 0.29) is 18.2 Å². The van der Waals surface area contributed by atoms with E-state index in [0.717, 1.165) is 19.3 Å². The lowest BCUT2D eigenvalue weighted by atomic mass is 9.85. The van der Waals surface area contributed by atoms with Gasteiger partial charge in [-0.2, -0.15) is 0 Å². The molecule has 0 radical (unpaired) electrons. The molecule has 1 amide bonds. The maximum absolute atomic E-state index is 11.7. The van der Waals surface area contributed by atoms with Crippen LogP contribution in [0.25, 0.3) is 0 Å². The molecule has 1 fully saturated rings. The van der Waals surface area contributed by atoms with Crippen molar-refractivity contribution in [1.82, 2.24) is 0 Å². The average Bonchev–Trinajstić information content (AvgIpc) is 2.13. The number of aliphatic carboxylic acids is 1. The quantitative estimate of drug-likeness (QED) is 0.836. The number of anilines is 1. The van der Waals surface area contributed by atoms with Gasteiger partial charge in [-0.3, -0.25) is 9.59 Å². The van der Waals surface area contributed by atoms with Crippen LogP contribution in [0, 0.1) is 5.92 Å². The van der Waals surface area contributed by atoms with E-state index >= 15 is 0 Å². The van der Waals surface area contributed by atoms with E-state index in [2.05, 4.69) is 5.32 Å². The molecule has 0 atom stereocenters. The Morgan fingerprint density at radius 3 is 2.71 bits per heavy atom. The molecule has 1 saturated carbocycles.